The van der Waals surface area contributed by atoms with Crippen LogP contribution in [-0.4, -0.2) is 36.1 Å². The number of rotatable bonds is 2. The molecule has 0 saturated carbocycles. The number of Topliss-reactive ketones (excluding diaryl/α,β-unsaturated/α-hetero) is 1. The molecule has 0 N–H and O–H groups in total. The summed E-state index contributed by atoms with van der Waals surface area (Å²) in [6, 6.07) is 8.01. The monoisotopic (exact) mass is 247 g/mol. The van der Waals surface area contributed by atoms with Gasteiger partial charge in [0.05, 0.1) is 0 Å². The van der Waals surface area contributed by atoms with Crippen LogP contribution in [0.25, 0.3) is 0 Å². The fourth-order valence-corrected chi connectivity index (χ4v) is 3.83. The van der Waals surface area contributed by atoms with Crippen molar-refractivity contribution in [2.75, 3.05) is 25.4 Å². The molecule has 17 heavy (non-hydrogen) atoms. The summed E-state index contributed by atoms with van der Waals surface area (Å²) in [6.07, 6.45) is 2.59. The maximum Gasteiger partial charge on any atom is 0.169 e. The van der Waals surface area contributed by atoms with Gasteiger partial charge < -0.3 is 4.90 Å². The third-order valence-corrected chi connectivity index (χ3v) is 4.88. The molecule has 0 bridgehead atoms. The van der Waals surface area contributed by atoms with Crippen molar-refractivity contribution in [3.05, 3.63) is 29.8 Å². The Morgan fingerprint density at radius 3 is 2.82 bits per heavy atom. The highest BCUT2D eigenvalue weighted by Gasteiger charge is 2.29. The summed E-state index contributed by atoms with van der Waals surface area (Å²) in [4.78, 5) is 16.0. The van der Waals surface area contributed by atoms with Gasteiger partial charge in [-0.3, -0.25) is 4.79 Å². The zero-order valence-electron chi connectivity index (χ0n) is 9.89. The quantitative estimate of drug-likeness (QED) is 0.801. The van der Waals surface area contributed by atoms with Crippen molar-refractivity contribution in [3.63, 3.8) is 0 Å². The average molecular weight is 247 g/mol. The Morgan fingerprint density at radius 2 is 2.00 bits per heavy atom. The number of hydrogen-bond acceptors (Lipinski definition) is 3. The Morgan fingerprint density at radius 1 is 1.24 bits per heavy atom. The molecule has 0 aliphatic carbocycles. The molecule has 90 valence electrons. The van der Waals surface area contributed by atoms with E-state index in [1.54, 1.807) is 0 Å². The number of ketones is 1. The predicted molar refractivity (Wildman–Crippen MR) is 70.7 cm³/mol. The number of thioether (sulfide) groups is 1. The van der Waals surface area contributed by atoms with E-state index in [0.29, 0.717) is 5.78 Å². The summed E-state index contributed by atoms with van der Waals surface area (Å²) in [6.45, 7) is 3.31. The van der Waals surface area contributed by atoms with Crippen molar-refractivity contribution in [3.8, 4) is 0 Å². The Kier molecular flexibility index (Phi) is 3.21. The van der Waals surface area contributed by atoms with Gasteiger partial charge >= 0.3 is 0 Å². The number of hydrogen-bond donors (Lipinski definition) is 0. The summed E-state index contributed by atoms with van der Waals surface area (Å²) in [5, 5.41) is 0. The molecule has 2 aliphatic heterocycles. The van der Waals surface area contributed by atoms with E-state index in [9.17, 15) is 4.79 Å². The number of benzene rings is 1. The normalized spacial score (nSPS) is 24.9. The van der Waals surface area contributed by atoms with E-state index >= 15 is 0 Å². The number of carbonyl (C=O) groups is 1. The molecule has 1 unspecified atom stereocenters. The summed E-state index contributed by atoms with van der Waals surface area (Å²) in [7, 11) is 0. The molecule has 1 atom stereocenters. The molecule has 0 amide bonds. The first-order valence-electron chi connectivity index (χ1n) is 6.33. The first-order valence-corrected chi connectivity index (χ1v) is 7.31. The number of carbonyl (C=O) groups excluding carboxylic acids is 1. The standard InChI is InChI=1S/C14H17NOS/c16-14-11(9-15-7-3-4-8-15)10-17-13-6-2-1-5-12(13)14/h1-2,5-6,11H,3-4,7-10H2. The predicted octanol–water partition coefficient (Wildman–Crippen LogP) is 2.69. The molecule has 3 rings (SSSR count). The Balaban J connectivity index is 1.74. The van der Waals surface area contributed by atoms with Gasteiger partial charge in [0, 0.05) is 28.7 Å². The van der Waals surface area contributed by atoms with E-state index in [-0.39, 0.29) is 5.92 Å². The van der Waals surface area contributed by atoms with E-state index in [1.807, 2.05) is 30.0 Å². The van der Waals surface area contributed by atoms with Crippen LogP contribution in [0.3, 0.4) is 0 Å². The van der Waals surface area contributed by atoms with Crippen molar-refractivity contribution < 1.29 is 4.79 Å². The molecule has 2 heterocycles. The minimum atomic E-state index is 0.202. The molecular weight excluding hydrogens is 230 g/mol. The lowest BCUT2D eigenvalue weighted by Crippen LogP contribution is -2.34. The summed E-state index contributed by atoms with van der Waals surface area (Å²) in [5.41, 5.74) is 0.938. The Labute approximate surface area is 106 Å². The number of nitrogens with zero attached hydrogens (tertiary/aromatic N) is 1. The number of fused-ring (bicyclic) bond motifs is 1. The minimum absolute atomic E-state index is 0.202. The Bertz CT molecular complexity index is 426. The second kappa shape index (κ2) is 4.83. The second-order valence-electron chi connectivity index (χ2n) is 4.88. The van der Waals surface area contributed by atoms with E-state index in [4.69, 9.17) is 0 Å². The third-order valence-electron chi connectivity index (χ3n) is 3.64. The van der Waals surface area contributed by atoms with Crippen molar-refractivity contribution in [1.29, 1.82) is 0 Å². The maximum absolute atomic E-state index is 12.4. The molecule has 1 aromatic carbocycles. The van der Waals surface area contributed by atoms with Gasteiger partial charge in [0.2, 0.25) is 0 Å². The largest absolute Gasteiger partial charge is 0.303 e. The second-order valence-corrected chi connectivity index (χ2v) is 5.94. The molecule has 3 heteroatoms. The van der Waals surface area contributed by atoms with Gasteiger partial charge in [-0.2, -0.15) is 0 Å². The highest BCUT2D eigenvalue weighted by molar-refractivity contribution is 7.99. The number of likely N-dealkylation sites (tertiary alicyclic amines) is 1. The first kappa shape index (κ1) is 11.3. The van der Waals surface area contributed by atoms with Crippen LogP contribution >= 0.6 is 11.8 Å². The molecule has 0 spiro atoms. The van der Waals surface area contributed by atoms with E-state index < -0.39 is 0 Å². The van der Waals surface area contributed by atoms with Crippen molar-refractivity contribution in [2.24, 2.45) is 5.92 Å². The van der Waals surface area contributed by atoms with Gasteiger partial charge in [0.15, 0.2) is 5.78 Å². The molecule has 0 radical (unpaired) electrons. The molecular formula is C14H17NOS. The van der Waals surface area contributed by atoms with Gasteiger partial charge in [0.25, 0.3) is 0 Å². The van der Waals surface area contributed by atoms with Crippen molar-refractivity contribution in [1.82, 2.24) is 4.90 Å². The van der Waals surface area contributed by atoms with Crippen LogP contribution in [0, 0.1) is 5.92 Å². The summed E-state index contributed by atoms with van der Waals surface area (Å²) < 4.78 is 0. The lowest BCUT2D eigenvalue weighted by Gasteiger charge is -2.26. The van der Waals surface area contributed by atoms with Crippen molar-refractivity contribution in [2.45, 2.75) is 17.7 Å². The minimum Gasteiger partial charge on any atom is -0.303 e. The zero-order valence-corrected chi connectivity index (χ0v) is 10.7. The molecule has 1 aromatic rings. The molecule has 1 fully saturated rings. The third kappa shape index (κ3) is 2.26. The van der Waals surface area contributed by atoms with E-state index in [0.717, 1.165) is 22.8 Å². The van der Waals surface area contributed by atoms with Gasteiger partial charge in [0.1, 0.15) is 0 Å². The maximum atomic E-state index is 12.4. The topological polar surface area (TPSA) is 20.3 Å². The van der Waals surface area contributed by atoms with E-state index in [2.05, 4.69) is 11.0 Å². The SMILES string of the molecule is O=C1c2ccccc2SCC1CN1CCCC1. The summed E-state index contributed by atoms with van der Waals surface area (Å²) >= 11 is 1.84. The van der Waals surface area contributed by atoms with Gasteiger partial charge in [-0.15, -0.1) is 11.8 Å². The van der Waals surface area contributed by atoms with Crippen LogP contribution in [0.2, 0.25) is 0 Å². The lowest BCUT2D eigenvalue weighted by molar-refractivity contribution is 0.0900. The first-order chi connectivity index (χ1) is 8.34. The molecule has 2 aliphatic rings. The van der Waals surface area contributed by atoms with Crippen LogP contribution in [-0.2, 0) is 0 Å². The molecule has 0 aromatic heterocycles. The van der Waals surface area contributed by atoms with Crippen LogP contribution in [0.15, 0.2) is 29.2 Å². The van der Waals surface area contributed by atoms with Gasteiger partial charge in [-0.05, 0) is 32.0 Å². The van der Waals surface area contributed by atoms with Gasteiger partial charge in [-0.25, -0.2) is 0 Å². The van der Waals surface area contributed by atoms with Crippen LogP contribution in [0.1, 0.15) is 23.2 Å². The lowest BCUT2D eigenvalue weighted by atomic mass is 9.98. The van der Waals surface area contributed by atoms with Crippen LogP contribution < -0.4 is 0 Å². The van der Waals surface area contributed by atoms with Gasteiger partial charge in [-0.1, -0.05) is 18.2 Å². The Hall–Kier alpha value is -0.800. The average Bonchev–Trinajstić information content (AvgIpc) is 2.86. The zero-order chi connectivity index (χ0) is 11.7. The smallest absolute Gasteiger partial charge is 0.169 e. The molecule has 2 nitrogen and oxygen atoms in total. The fraction of sp³-hybridized carbons (Fsp3) is 0.500. The van der Waals surface area contributed by atoms with Crippen molar-refractivity contribution >= 4 is 17.5 Å². The highest BCUT2D eigenvalue weighted by atomic mass is 32.2. The van der Waals surface area contributed by atoms with Crippen LogP contribution in [0.5, 0.6) is 0 Å². The van der Waals surface area contributed by atoms with Crippen LogP contribution in [0.4, 0.5) is 0 Å². The van der Waals surface area contributed by atoms with E-state index in [1.165, 1.54) is 25.9 Å². The highest BCUT2D eigenvalue weighted by Crippen LogP contribution is 2.33. The summed E-state index contributed by atoms with van der Waals surface area (Å²) in [5.74, 6) is 1.51. The fourth-order valence-electron chi connectivity index (χ4n) is 2.69. The molecule has 1 saturated heterocycles.